The molecule has 0 aliphatic heterocycles. The number of pyridine rings is 2. The molecule has 0 saturated heterocycles. The lowest BCUT2D eigenvalue weighted by Gasteiger charge is -2.40. The van der Waals surface area contributed by atoms with Gasteiger partial charge in [0.25, 0.3) is 0 Å². The van der Waals surface area contributed by atoms with Crippen LogP contribution in [0.3, 0.4) is 0 Å². The Kier molecular flexibility index (Phi) is 9.54. The van der Waals surface area contributed by atoms with Crippen LogP contribution in [-0.4, -0.2) is 9.97 Å². The molecule has 2 heterocycles. The fraction of sp³-hybridized carbons (Fsp3) is 0.500. The first kappa shape index (κ1) is 32.5. The third kappa shape index (κ3) is 7.65. The molecule has 0 aliphatic carbocycles. The Hall–Kier alpha value is -1.97. The molecule has 0 aliphatic rings. The number of para-hydroxylation sites is 2. The minimum Gasteiger partial charge on any atom is -0.251 e. The molecular formula is C36H48BrClN2. The van der Waals surface area contributed by atoms with E-state index in [1.54, 1.807) is 0 Å². The Morgan fingerprint density at radius 3 is 1.32 bits per heavy atom. The Bertz CT molecular complexity index is 1320. The molecule has 2 aromatic heterocycles. The second kappa shape index (κ2) is 11.7. The van der Waals surface area contributed by atoms with Crippen molar-refractivity contribution >= 4 is 49.3 Å². The number of nitrogens with zero attached hydrogens (tertiary/aromatic N) is 2. The molecule has 0 fully saturated rings. The highest BCUT2D eigenvalue weighted by atomic mass is 79.9. The quantitative estimate of drug-likeness (QED) is 0.222. The van der Waals surface area contributed by atoms with Gasteiger partial charge >= 0.3 is 0 Å². The summed E-state index contributed by atoms with van der Waals surface area (Å²) in [6.07, 6.45) is 0. The first-order chi connectivity index (χ1) is 18.2. The van der Waals surface area contributed by atoms with Gasteiger partial charge in [-0.1, -0.05) is 131 Å². The van der Waals surface area contributed by atoms with Crippen molar-refractivity contribution in [3.63, 3.8) is 0 Å². The maximum absolute atomic E-state index is 6.30. The number of halogens is 2. The molecule has 0 saturated carbocycles. The second-order valence-corrected chi connectivity index (χ2v) is 16.7. The van der Waals surface area contributed by atoms with Crippen LogP contribution >= 0.6 is 27.5 Å². The number of benzene rings is 2. The smallest absolute Gasteiger partial charge is 0.0891 e. The fourth-order valence-electron chi connectivity index (χ4n) is 6.95. The molecule has 0 N–H and O–H groups in total. The molecule has 2 aromatic carbocycles. The van der Waals surface area contributed by atoms with Gasteiger partial charge in [-0.05, 0) is 61.9 Å². The van der Waals surface area contributed by atoms with E-state index >= 15 is 0 Å². The van der Waals surface area contributed by atoms with Crippen molar-refractivity contribution in [2.45, 2.75) is 94.9 Å². The number of hydrogen-bond donors (Lipinski definition) is 0. The highest BCUT2D eigenvalue weighted by molar-refractivity contribution is 9.10. The van der Waals surface area contributed by atoms with E-state index in [0.717, 1.165) is 31.6 Å². The molecule has 0 radical (unpaired) electrons. The summed E-state index contributed by atoms with van der Waals surface area (Å²) < 4.78 is 1.07. The van der Waals surface area contributed by atoms with Crippen LogP contribution in [0.1, 0.15) is 106 Å². The van der Waals surface area contributed by atoms with Crippen molar-refractivity contribution in [3.8, 4) is 0 Å². The predicted molar refractivity (Wildman–Crippen MR) is 179 cm³/mol. The van der Waals surface area contributed by atoms with Gasteiger partial charge in [-0.2, -0.15) is 0 Å². The van der Waals surface area contributed by atoms with Crippen molar-refractivity contribution in [1.82, 2.24) is 9.97 Å². The average molecular weight is 624 g/mol. The van der Waals surface area contributed by atoms with E-state index in [1.807, 2.05) is 12.1 Å². The predicted octanol–water partition coefficient (Wildman–Crippen LogP) is 12.2. The van der Waals surface area contributed by atoms with E-state index < -0.39 is 0 Å². The normalized spacial score (nSPS) is 13.2. The van der Waals surface area contributed by atoms with Crippen LogP contribution < -0.4 is 0 Å². The zero-order chi connectivity index (χ0) is 30.3. The molecule has 4 aromatic rings. The van der Waals surface area contributed by atoms with E-state index in [2.05, 4.69) is 148 Å². The molecule has 0 spiro atoms. The third-order valence-corrected chi connectivity index (χ3v) is 8.39. The van der Waals surface area contributed by atoms with Gasteiger partial charge in [0.1, 0.15) is 0 Å². The maximum Gasteiger partial charge on any atom is 0.0891 e. The highest BCUT2D eigenvalue weighted by Crippen LogP contribution is 2.48. The van der Waals surface area contributed by atoms with Crippen molar-refractivity contribution in [2.75, 3.05) is 0 Å². The van der Waals surface area contributed by atoms with Crippen LogP contribution in [0.4, 0.5) is 0 Å². The van der Waals surface area contributed by atoms with Crippen LogP contribution in [-0.2, 0) is 0 Å². The lowest BCUT2D eigenvalue weighted by atomic mass is 9.65. The van der Waals surface area contributed by atoms with Gasteiger partial charge in [0.15, 0.2) is 0 Å². The summed E-state index contributed by atoms with van der Waals surface area (Å²) in [4.78, 5) is 9.84. The summed E-state index contributed by atoms with van der Waals surface area (Å²) in [5, 5.41) is 3.01. The van der Waals surface area contributed by atoms with Crippen LogP contribution in [0.2, 0.25) is 5.02 Å². The molecule has 0 unspecified atom stereocenters. The van der Waals surface area contributed by atoms with E-state index in [-0.39, 0.29) is 21.7 Å². The molecule has 4 heteroatoms. The molecule has 40 heavy (non-hydrogen) atoms. The minimum atomic E-state index is 0.153. The third-order valence-electron chi connectivity index (χ3n) is 7.44. The zero-order valence-corrected chi connectivity index (χ0v) is 28.9. The van der Waals surface area contributed by atoms with E-state index in [1.165, 1.54) is 11.1 Å². The fourth-order valence-corrected chi connectivity index (χ4v) is 7.64. The molecule has 2 nitrogen and oxygen atoms in total. The van der Waals surface area contributed by atoms with Gasteiger partial charge in [0, 0.05) is 38.5 Å². The van der Waals surface area contributed by atoms with Gasteiger partial charge < -0.3 is 0 Å². The lowest BCUT2D eigenvalue weighted by Crippen LogP contribution is -2.31. The van der Waals surface area contributed by atoms with Gasteiger partial charge in [-0.25, -0.2) is 0 Å². The summed E-state index contributed by atoms with van der Waals surface area (Å²) in [7, 11) is 0. The van der Waals surface area contributed by atoms with E-state index in [9.17, 15) is 0 Å². The number of fused-ring (bicyclic) bond motifs is 2. The Labute approximate surface area is 256 Å². The van der Waals surface area contributed by atoms with Gasteiger partial charge in [0.05, 0.1) is 16.1 Å². The van der Waals surface area contributed by atoms with Crippen LogP contribution in [0.25, 0.3) is 21.8 Å². The number of aromatic nitrogens is 2. The number of hydrogen-bond acceptors (Lipinski definition) is 2. The molecule has 0 atom stereocenters. The SMILES string of the molecule is CC(C)(C)C(c1ccc2cccc(Br)c2n1)C(C)(C)C.CC(C)(C)C(c1ccc2cccc(Cl)c2n1)C(C)(C)C. The summed E-state index contributed by atoms with van der Waals surface area (Å²) >= 11 is 9.92. The van der Waals surface area contributed by atoms with Crippen molar-refractivity contribution in [3.05, 3.63) is 81.5 Å². The van der Waals surface area contributed by atoms with Crippen molar-refractivity contribution in [1.29, 1.82) is 0 Å². The first-order valence-electron chi connectivity index (χ1n) is 14.3. The summed E-state index contributed by atoms with van der Waals surface area (Å²) in [6.45, 7) is 27.5. The largest absolute Gasteiger partial charge is 0.251 e. The lowest BCUT2D eigenvalue weighted by molar-refractivity contribution is 0.172. The maximum atomic E-state index is 6.30. The van der Waals surface area contributed by atoms with Gasteiger partial charge in [0.2, 0.25) is 0 Å². The molecule has 216 valence electrons. The summed E-state index contributed by atoms with van der Waals surface area (Å²) in [6, 6.07) is 20.8. The highest BCUT2D eigenvalue weighted by Gasteiger charge is 2.38. The average Bonchev–Trinajstić information content (AvgIpc) is 2.77. The number of rotatable bonds is 2. The Morgan fingerprint density at radius 1 is 0.525 bits per heavy atom. The molecule has 0 bridgehead atoms. The van der Waals surface area contributed by atoms with E-state index in [4.69, 9.17) is 21.6 Å². The van der Waals surface area contributed by atoms with E-state index in [0.29, 0.717) is 11.8 Å². The van der Waals surface area contributed by atoms with Crippen molar-refractivity contribution in [2.24, 2.45) is 21.7 Å². The first-order valence-corrected chi connectivity index (χ1v) is 15.5. The second-order valence-electron chi connectivity index (χ2n) is 15.4. The summed E-state index contributed by atoms with van der Waals surface area (Å²) in [5.41, 5.74) is 4.95. The topological polar surface area (TPSA) is 25.8 Å². The van der Waals surface area contributed by atoms with Crippen molar-refractivity contribution < 1.29 is 0 Å². The van der Waals surface area contributed by atoms with Crippen LogP contribution in [0, 0.1) is 21.7 Å². The molecular weight excluding hydrogens is 576 g/mol. The Balaban J connectivity index is 0.000000220. The molecule has 0 amide bonds. The summed E-state index contributed by atoms with van der Waals surface area (Å²) in [5.74, 6) is 0.780. The van der Waals surface area contributed by atoms with Crippen LogP contribution in [0.5, 0.6) is 0 Å². The van der Waals surface area contributed by atoms with Gasteiger partial charge in [-0.15, -0.1) is 0 Å². The zero-order valence-electron chi connectivity index (χ0n) is 26.6. The standard InChI is InChI=1S/C18H24BrN.C18H24ClN/c2*1-17(2,3)16(18(4,5)6)14-11-10-12-8-7-9-13(19)15(12)20-14/h2*7-11,16H,1-6H3. The minimum absolute atomic E-state index is 0.153. The van der Waals surface area contributed by atoms with Gasteiger partial charge in [-0.3, -0.25) is 9.97 Å². The van der Waals surface area contributed by atoms with Crippen LogP contribution in [0.15, 0.2) is 65.1 Å². The monoisotopic (exact) mass is 622 g/mol. The Morgan fingerprint density at radius 2 is 0.900 bits per heavy atom. The molecule has 4 rings (SSSR count).